The maximum atomic E-state index is 11.0. The summed E-state index contributed by atoms with van der Waals surface area (Å²) in [6.07, 6.45) is 3.02. The van der Waals surface area contributed by atoms with Gasteiger partial charge in [-0.15, -0.1) is 10.1 Å². The first-order valence-corrected chi connectivity index (χ1v) is 7.64. The maximum Gasteiger partial charge on any atom is 0.321 e. The van der Waals surface area contributed by atoms with E-state index in [0.29, 0.717) is 0 Å². The summed E-state index contributed by atoms with van der Waals surface area (Å²) in [7, 11) is 0. The number of carboxylic acids is 2. The van der Waals surface area contributed by atoms with Gasteiger partial charge in [-0.2, -0.15) is 0 Å². The Kier molecular flexibility index (Phi) is 7.28. The Balaban J connectivity index is 1.99. The zero-order valence-corrected chi connectivity index (χ0v) is 13.8. The third kappa shape index (κ3) is 7.11. The SMILES string of the molecule is O=C(O)CN(CCN(CC(=O)O)Oc1ccccn1)Oc1ccccn1. The van der Waals surface area contributed by atoms with E-state index >= 15 is 0 Å². The molecule has 0 aromatic carbocycles. The van der Waals surface area contributed by atoms with Crippen molar-refractivity contribution >= 4 is 11.9 Å². The molecule has 2 aromatic heterocycles. The summed E-state index contributed by atoms with van der Waals surface area (Å²) in [5.74, 6) is -1.75. The number of carboxylic acid groups (broad SMARTS) is 2. The number of carbonyl (C=O) groups is 2. The quantitative estimate of drug-likeness (QED) is 0.547. The zero-order chi connectivity index (χ0) is 18.8. The van der Waals surface area contributed by atoms with E-state index in [9.17, 15) is 9.59 Å². The van der Waals surface area contributed by atoms with E-state index in [4.69, 9.17) is 19.9 Å². The van der Waals surface area contributed by atoms with Gasteiger partial charge in [-0.3, -0.25) is 9.59 Å². The van der Waals surface area contributed by atoms with Crippen LogP contribution in [0.2, 0.25) is 0 Å². The minimum absolute atomic E-state index is 0.0585. The Labute approximate surface area is 149 Å². The summed E-state index contributed by atoms with van der Waals surface area (Å²) in [5.41, 5.74) is 0. The van der Waals surface area contributed by atoms with Crippen molar-refractivity contribution in [3.63, 3.8) is 0 Å². The van der Waals surface area contributed by atoms with Crippen LogP contribution in [0.15, 0.2) is 48.8 Å². The Morgan fingerprint density at radius 2 is 1.23 bits per heavy atom. The van der Waals surface area contributed by atoms with E-state index in [1.54, 1.807) is 36.4 Å². The Bertz CT molecular complexity index is 639. The van der Waals surface area contributed by atoms with Gasteiger partial charge < -0.3 is 19.9 Å². The normalized spacial score (nSPS) is 10.7. The fourth-order valence-electron chi connectivity index (χ4n) is 1.91. The van der Waals surface area contributed by atoms with Gasteiger partial charge in [0.1, 0.15) is 13.1 Å². The van der Waals surface area contributed by atoms with Crippen LogP contribution in [0.3, 0.4) is 0 Å². The second kappa shape index (κ2) is 9.91. The molecule has 2 aromatic rings. The Morgan fingerprint density at radius 1 is 0.808 bits per heavy atom. The predicted octanol–water partition coefficient (Wildman–Crippen LogP) is 0.538. The van der Waals surface area contributed by atoms with Gasteiger partial charge >= 0.3 is 11.9 Å². The summed E-state index contributed by atoms with van der Waals surface area (Å²) < 4.78 is 0. The molecule has 138 valence electrons. The van der Waals surface area contributed by atoms with Crippen LogP contribution in [-0.2, 0) is 9.59 Å². The molecule has 0 bridgehead atoms. The van der Waals surface area contributed by atoms with Crippen molar-refractivity contribution in [2.24, 2.45) is 0 Å². The first-order chi connectivity index (χ1) is 12.5. The fraction of sp³-hybridized carbons (Fsp3) is 0.250. The van der Waals surface area contributed by atoms with Gasteiger partial charge in [-0.25, -0.2) is 9.97 Å². The van der Waals surface area contributed by atoms with Gasteiger partial charge in [0.25, 0.3) is 0 Å². The van der Waals surface area contributed by atoms with Crippen LogP contribution in [0.25, 0.3) is 0 Å². The summed E-state index contributed by atoms with van der Waals surface area (Å²) in [4.78, 5) is 40.8. The molecular formula is C16H18N4O6. The lowest BCUT2D eigenvalue weighted by molar-refractivity contribution is -0.158. The number of hydrogen-bond acceptors (Lipinski definition) is 8. The molecule has 0 aliphatic rings. The van der Waals surface area contributed by atoms with Crippen LogP contribution in [0, 0.1) is 0 Å². The smallest absolute Gasteiger partial charge is 0.321 e. The summed E-state index contributed by atoms with van der Waals surface area (Å²) in [6, 6.07) is 9.94. The van der Waals surface area contributed by atoms with E-state index in [1.807, 2.05) is 0 Å². The molecule has 26 heavy (non-hydrogen) atoms. The largest absolute Gasteiger partial charge is 0.480 e. The van der Waals surface area contributed by atoms with E-state index < -0.39 is 25.0 Å². The molecule has 0 unspecified atom stereocenters. The first kappa shape index (κ1) is 19.1. The van der Waals surface area contributed by atoms with Crippen molar-refractivity contribution < 1.29 is 29.5 Å². The highest BCUT2D eigenvalue weighted by Gasteiger charge is 2.18. The molecule has 0 saturated carbocycles. The van der Waals surface area contributed by atoms with Crippen molar-refractivity contribution in [1.82, 2.24) is 20.1 Å². The van der Waals surface area contributed by atoms with Crippen LogP contribution in [-0.4, -0.2) is 68.4 Å². The minimum Gasteiger partial charge on any atom is -0.480 e. The van der Waals surface area contributed by atoms with E-state index in [0.717, 1.165) is 10.1 Å². The average molecular weight is 362 g/mol. The lowest BCUT2D eigenvalue weighted by Gasteiger charge is -2.24. The number of aromatic nitrogens is 2. The van der Waals surface area contributed by atoms with Crippen molar-refractivity contribution in [3.8, 4) is 11.8 Å². The lowest BCUT2D eigenvalue weighted by Crippen LogP contribution is -2.42. The highest BCUT2D eigenvalue weighted by atomic mass is 16.7. The highest BCUT2D eigenvalue weighted by molar-refractivity contribution is 5.69. The molecule has 2 N–H and O–H groups in total. The number of aliphatic carboxylic acids is 2. The molecule has 2 heterocycles. The lowest BCUT2D eigenvalue weighted by atomic mass is 10.5. The second-order valence-corrected chi connectivity index (χ2v) is 5.03. The van der Waals surface area contributed by atoms with Gasteiger partial charge in [0, 0.05) is 24.5 Å². The number of nitrogens with zero attached hydrogens (tertiary/aromatic N) is 4. The summed E-state index contributed by atoms with van der Waals surface area (Å²) in [6.45, 7) is -0.714. The molecule has 0 fully saturated rings. The summed E-state index contributed by atoms with van der Waals surface area (Å²) >= 11 is 0. The molecule has 0 radical (unpaired) electrons. The molecule has 10 nitrogen and oxygen atoms in total. The van der Waals surface area contributed by atoms with Crippen molar-refractivity contribution in [2.75, 3.05) is 26.2 Å². The Hall–Kier alpha value is -3.24. The van der Waals surface area contributed by atoms with Gasteiger partial charge in [-0.05, 0) is 12.1 Å². The minimum atomic E-state index is -1.10. The fourth-order valence-corrected chi connectivity index (χ4v) is 1.91. The predicted molar refractivity (Wildman–Crippen MR) is 88.1 cm³/mol. The summed E-state index contributed by atoms with van der Waals surface area (Å²) in [5, 5.41) is 20.3. The van der Waals surface area contributed by atoms with Crippen LogP contribution in [0.5, 0.6) is 11.8 Å². The van der Waals surface area contributed by atoms with Gasteiger partial charge in [0.05, 0.1) is 13.1 Å². The highest BCUT2D eigenvalue weighted by Crippen LogP contribution is 2.08. The van der Waals surface area contributed by atoms with Crippen molar-refractivity contribution in [1.29, 1.82) is 0 Å². The Morgan fingerprint density at radius 3 is 1.54 bits per heavy atom. The zero-order valence-electron chi connectivity index (χ0n) is 13.8. The monoisotopic (exact) mass is 362 g/mol. The van der Waals surface area contributed by atoms with Crippen molar-refractivity contribution in [2.45, 2.75) is 0 Å². The van der Waals surface area contributed by atoms with Crippen LogP contribution >= 0.6 is 0 Å². The van der Waals surface area contributed by atoms with Gasteiger partial charge in [0.15, 0.2) is 0 Å². The van der Waals surface area contributed by atoms with Crippen LogP contribution in [0.1, 0.15) is 0 Å². The third-order valence-electron chi connectivity index (χ3n) is 2.94. The topological polar surface area (TPSA) is 125 Å². The molecule has 2 rings (SSSR count). The van der Waals surface area contributed by atoms with Gasteiger partial charge in [0.2, 0.25) is 11.8 Å². The van der Waals surface area contributed by atoms with E-state index in [2.05, 4.69) is 9.97 Å². The van der Waals surface area contributed by atoms with Crippen LogP contribution < -0.4 is 9.68 Å². The number of rotatable bonds is 11. The molecule has 0 amide bonds. The molecule has 0 spiro atoms. The molecule has 0 atom stereocenters. The molecule has 10 heteroatoms. The number of hydroxylamine groups is 4. The van der Waals surface area contributed by atoms with E-state index in [-0.39, 0.29) is 24.8 Å². The number of hydrogen-bond donors (Lipinski definition) is 2. The standard InChI is InChI=1S/C16H18N4O6/c21-15(22)11-19(25-13-5-1-3-7-17-13)9-10-20(12-16(23)24)26-14-6-2-4-8-18-14/h1-8H,9-12H2,(H,21,22)(H,23,24). The second-order valence-electron chi connectivity index (χ2n) is 5.03. The molecule has 0 aliphatic heterocycles. The third-order valence-corrected chi connectivity index (χ3v) is 2.94. The van der Waals surface area contributed by atoms with Gasteiger partial charge in [-0.1, -0.05) is 12.1 Å². The average Bonchev–Trinajstić information content (AvgIpc) is 2.60. The number of pyridine rings is 2. The molecule has 0 saturated heterocycles. The molecule has 0 aliphatic carbocycles. The van der Waals surface area contributed by atoms with Crippen LogP contribution in [0.4, 0.5) is 0 Å². The van der Waals surface area contributed by atoms with E-state index in [1.165, 1.54) is 12.4 Å². The maximum absolute atomic E-state index is 11.0. The van der Waals surface area contributed by atoms with Crippen molar-refractivity contribution in [3.05, 3.63) is 48.8 Å². The first-order valence-electron chi connectivity index (χ1n) is 7.64. The molecular weight excluding hydrogens is 344 g/mol.